The molecular weight excluding hydrogens is 448 g/mol. The van der Waals surface area contributed by atoms with Crippen LogP contribution in [-0.4, -0.2) is 38.4 Å². The van der Waals surface area contributed by atoms with Gasteiger partial charge in [-0.1, -0.05) is 36.1 Å². The monoisotopic (exact) mass is 466 g/mol. The summed E-state index contributed by atoms with van der Waals surface area (Å²) in [4.78, 5) is 32.8. The van der Waals surface area contributed by atoms with Crippen molar-refractivity contribution >= 4 is 51.7 Å². The Morgan fingerprint density at radius 1 is 1.25 bits per heavy atom. The number of thioether (sulfide) groups is 1. The van der Waals surface area contributed by atoms with Gasteiger partial charge in [-0.05, 0) is 42.3 Å². The summed E-state index contributed by atoms with van der Waals surface area (Å²) in [6.07, 6.45) is 3.23. The van der Waals surface area contributed by atoms with E-state index in [1.54, 1.807) is 25.4 Å². The molecule has 3 aromatic rings. The highest BCUT2D eigenvalue weighted by atomic mass is 32.2. The van der Waals surface area contributed by atoms with Crippen LogP contribution in [0.3, 0.4) is 0 Å². The number of nitrogens with zero attached hydrogens (tertiary/aromatic N) is 3. The second-order valence-corrected chi connectivity index (χ2v) is 8.95. The summed E-state index contributed by atoms with van der Waals surface area (Å²) in [5.41, 5.74) is 2.35. The van der Waals surface area contributed by atoms with Gasteiger partial charge in [0.1, 0.15) is 15.8 Å². The number of amides is 1. The molecule has 0 bridgehead atoms. The molecule has 1 saturated heterocycles. The van der Waals surface area contributed by atoms with Gasteiger partial charge in [0.05, 0.1) is 17.0 Å². The molecule has 162 valence electrons. The smallest absolute Gasteiger partial charge is 0.267 e. The molecule has 0 saturated carbocycles. The normalized spacial score (nSPS) is 16.4. The van der Waals surface area contributed by atoms with Crippen molar-refractivity contribution in [2.24, 2.45) is 0 Å². The summed E-state index contributed by atoms with van der Waals surface area (Å²) in [7, 11) is 1.69. The van der Waals surface area contributed by atoms with Crippen LogP contribution >= 0.6 is 24.0 Å². The molecule has 0 radical (unpaired) electrons. The van der Waals surface area contributed by atoms with Gasteiger partial charge in [-0.3, -0.25) is 18.9 Å². The second-order valence-electron chi connectivity index (χ2n) is 7.27. The third-order valence-electron chi connectivity index (χ3n) is 5.25. The Labute approximate surface area is 192 Å². The second kappa shape index (κ2) is 7.95. The Balaban J connectivity index is 1.49. The first-order chi connectivity index (χ1) is 15.5. The maximum atomic E-state index is 13.2. The molecule has 8 nitrogen and oxygen atoms in total. The number of carbonyl (C=O) groups excluding carboxylic acids is 1. The highest BCUT2D eigenvalue weighted by Gasteiger charge is 2.33. The van der Waals surface area contributed by atoms with E-state index >= 15 is 0 Å². The van der Waals surface area contributed by atoms with Crippen LogP contribution in [-0.2, 0) is 11.3 Å². The summed E-state index contributed by atoms with van der Waals surface area (Å²) in [5, 5.41) is 2.97. The summed E-state index contributed by atoms with van der Waals surface area (Å²) in [6, 6.07) is 9.21. The van der Waals surface area contributed by atoms with Crippen molar-refractivity contribution in [3.05, 3.63) is 68.5 Å². The fourth-order valence-electron chi connectivity index (χ4n) is 3.62. The predicted octanol–water partition coefficient (Wildman–Crippen LogP) is 3.17. The number of benzene rings is 1. The van der Waals surface area contributed by atoms with Crippen molar-refractivity contribution in [3.8, 4) is 11.5 Å². The third-order valence-corrected chi connectivity index (χ3v) is 6.63. The lowest BCUT2D eigenvalue weighted by Gasteiger charge is -2.14. The largest absolute Gasteiger partial charge is 0.454 e. The summed E-state index contributed by atoms with van der Waals surface area (Å²) in [6.45, 7) is 2.37. The highest BCUT2D eigenvalue weighted by Crippen LogP contribution is 2.36. The van der Waals surface area contributed by atoms with Crippen LogP contribution < -0.4 is 20.3 Å². The van der Waals surface area contributed by atoms with E-state index in [0.29, 0.717) is 44.3 Å². The van der Waals surface area contributed by atoms with Crippen molar-refractivity contribution in [1.29, 1.82) is 0 Å². The average molecular weight is 467 g/mol. The number of thiocarbonyl (C=S) groups is 1. The summed E-state index contributed by atoms with van der Waals surface area (Å²) in [5.74, 6) is 1.48. The lowest BCUT2D eigenvalue weighted by molar-refractivity contribution is -0.122. The van der Waals surface area contributed by atoms with E-state index in [2.05, 4.69) is 10.3 Å². The van der Waals surface area contributed by atoms with Gasteiger partial charge in [-0.15, -0.1) is 0 Å². The molecule has 0 spiro atoms. The zero-order valence-electron chi connectivity index (χ0n) is 17.2. The maximum Gasteiger partial charge on any atom is 0.267 e. The fraction of sp³-hybridized carbons (Fsp3) is 0.182. The number of nitrogens with one attached hydrogen (secondary N) is 1. The Morgan fingerprint density at radius 3 is 2.88 bits per heavy atom. The van der Waals surface area contributed by atoms with E-state index < -0.39 is 0 Å². The van der Waals surface area contributed by atoms with Gasteiger partial charge >= 0.3 is 0 Å². The number of rotatable bonds is 4. The van der Waals surface area contributed by atoms with Crippen molar-refractivity contribution < 1.29 is 14.3 Å². The van der Waals surface area contributed by atoms with Gasteiger partial charge in [0.2, 0.25) is 6.79 Å². The molecule has 1 aromatic carbocycles. The van der Waals surface area contributed by atoms with E-state index in [1.165, 1.54) is 21.1 Å². The number of anilines is 1. The fourth-order valence-corrected chi connectivity index (χ4v) is 4.86. The predicted molar refractivity (Wildman–Crippen MR) is 127 cm³/mol. The van der Waals surface area contributed by atoms with Crippen LogP contribution in [0.1, 0.15) is 16.7 Å². The first kappa shape index (κ1) is 20.5. The van der Waals surface area contributed by atoms with Gasteiger partial charge in [0.25, 0.3) is 11.5 Å². The molecule has 5 rings (SSSR count). The van der Waals surface area contributed by atoms with Gasteiger partial charge < -0.3 is 14.8 Å². The number of pyridine rings is 1. The molecule has 1 fully saturated rings. The molecule has 32 heavy (non-hydrogen) atoms. The molecule has 2 aliphatic heterocycles. The minimum absolute atomic E-state index is 0.186. The van der Waals surface area contributed by atoms with Crippen LogP contribution in [0.15, 0.2) is 46.2 Å². The maximum absolute atomic E-state index is 13.2. The first-order valence-corrected chi connectivity index (χ1v) is 11.0. The quantitative estimate of drug-likeness (QED) is 0.464. The topological polar surface area (TPSA) is 85.2 Å². The molecule has 4 heterocycles. The molecule has 2 aromatic heterocycles. The average Bonchev–Trinajstić information content (AvgIpc) is 3.35. The van der Waals surface area contributed by atoms with Crippen LogP contribution in [0.4, 0.5) is 5.82 Å². The van der Waals surface area contributed by atoms with Gasteiger partial charge in [0.15, 0.2) is 11.5 Å². The van der Waals surface area contributed by atoms with Crippen molar-refractivity contribution in [3.63, 3.8) is 0 Å². The van der Waals surface area contributed by atoms with Crippen LogP contribution in [0.2, 0.25) is 0 Å². The molecule has 1 N–H and O–H groups in total. The molecular formula is C22H18N4O4S2. The van der Waals surface area contributed by atoms with Gasteiger partial charge in [-0.25, -0.2) is 4.98 Å². The van der Waals surface area contributed by atoms with Crippen molar-refractivity contribution in [2.45, 2.75) is 13.5 Å². The molecule has 1 amide bonds. The highest BCUT2D eigenvalue weighted by molar-refractivity contribution is 8.26. The van der Waals surface area contributed by atoms with Crippen molar-refractivity contribution in [2.75, 3.05) is 19.2 Å². The van der Waals surface area contributed by atoms with E-state index in [0.717, 1.165) is 11.1 Å². The summed E-state index contributed by atoms with van der Waals surface area (Å²) >= 11 is 6.62. The summed E-state index contributed by atoms with van der Waals surface area (Å²) < 4.78 is 12.7. The lowest BCUT2D eigenvalue weighted by Crippen LogP contribution is -2.27. The Kier molecular flexibility index (Phi) is 5.10. The number of aryl methyl sites for hydroxylation is 1. The Hall–Kier alpha value is -3.37. The molecule has 0 atom stereocenters. The number of carbonyl (C=O) groups is 1. The Morgan fingerprint density at radius 2 is 2.06 bits per heavy atom. The van der Waals surface area contributed by atoms with Crippen LogP contribution in [0.25, 0.3) is 11.7 Å². The number of aromatic nitrogens is 2. The van der Waals surface area contributed by atoms with Crippen molar-refractivity contribution in [1.82, 2.24) is 14.3 Å². The van der Waals surface area contributed by atoms with E-state index in [1.807, 2.05) is 31.2 Å². The third kappa shape index (κ3) is 3.41. The zero-order valence-corrected chi connectivity index (χ0v) is 18.9. The standard InChI is InChI=1S/C22H18N4O4S2/c1-12-4-3-7-25-19(12)24-18(23-2)14(20(25)27)9-17-21(28)26(22(31)32-17)10-13-5-6-15-16(8-13)30-11-29-15/h3-9,23H,10-11H2,1-2H3. The van der Waals surface area contributed by atoms with Crippen LogP contribution in [0.5, 0.6) is 11.5 Å². The first-order valence-electron chi connectivity index (χ1n) is 9.80. The molecule has 0 unspecified atom stereocenters. The SMILES string of the molecule is CNc1nc2c(C)cccn2c(=O)c1C=C1SC(=S)N(Cc2ccc3c(c2)OCO3)C1=O. The molecule has 10 heteroatoms. The Bertz CT molecular complexity index is 1380. The van der Waals surface area contributed by atoms with E-state index in [4.69, 9.17) is 21.7 Å². The zero-order chi connectivity index (χ0) is 22.4. The molecule has 0 aliphatic carbocycles. The number of fused-ring (bicyclic) bond motifs is 2. The van der Waals surface area contributed by atoms with Crippen LogP contribution in [0, 0.1) is 6.92 Å². The molecule has 2 aliphatic rings. The number of ether oxygens (including phenoxy) is 2. The number of hydrogen-bond acceptors (Lipinski definition) is 8. The van der Waals surface area contributed by atoms with E-state index in [-0.39, 0.29) is 18.3 Å². The number of hydrogen-bond donors (Lipinski definition) is 1. The van der Waals surface area contributed by atoms with Gasteiger partial charge in [0, 0.05) is 13.2 Å². The van der Waals surface area contributed by atoms with Gasteiger partial charge in [-0.2, -0.15) is 0 Å². The van der Waals surface area contributed by atoms with E-state index in [9.17, 15) is 9.59 Å². The lowest BCUT2D eigenvalue weighted by atomic mass is 10.2. The minimum atomic E-state index is -0.260. The minimum Gasteiger partial charge on any atom is -0.454 e.